The van der Waals surface area contributed by atoms with E-state index in [1.165, 1.54) is 11.0 Å². The van der Waals surface area contributed by atoms with Gasteiger partial charge in [0.2, 0.25) is 5.91 Å². The van der Waals surface area contributed by atoms with E-state index in [1.807, 2.05) is 0 Å². The lowest BCUT2D eigenvalue weighted by Crippen LogP contribution is -2.47. The minimum Gasteiger partial charge on any atom is -0.444 e. The molecule has 2 unspecified atom stereocenters. The maximum absolute atomic E-state index is 15.2. The number of amides is 2. The molecular weight excluding hydrogens is 407 g/mol. The van der Waals surface area contributed by atoms with E-state index >= 15 is 4.39 Å². The number of piperidine rings is 1. The highest BCUT2D eigenvalue weighted by atomic mass is 35.5. The summed E-state index contributed by atoms with van der Waals surface area (Å²) in [4.78, 5) is 27.1. The summed E-state index contributed by atoms with van der Waals surface area (Å²) in [6.45, 7) is 5.36. The van der Waals surface area contributed by atoms with Gasteiger partial charge >= 0.3 is 6.09 Å². The van der Waals surface area contributed by atoms with Crippen LogP contribution in [0.3, 0.4) is 0 Å². The first-order valence-corrected chi connectivity index (χ1v) is 10.4. The molecule has 2 aromatic carbocycles. The van der Waals surface area contributed by atoms with Gasteiger partial charge in [0, 0.05) is 22.2 Å². The van der Waals surface area contributed by atoms with Crippen molar-refractivity contribution in [1.29, 1.82) is 0 Å². The zero-order valence-corrected chi connectivity index (χ0v) is 17.9. The second-order valence-electron chi connectivity index (χ2n) is 8.84. The molecule has 3 atom stereocenters. The fourth-order valence-corrected chi connectivity index (χ4v) is 4.24. The van der Waals surface area contributed by atoms with E-state index in [-0.39, 0.29) is 11.7 Å². The van der Waals surface area contributed by atoms with Gasteiger partial charge in [0.15, 0.2) is 5.82 Å². The summed E-state index contributed by atoms with van der Waals surface area (Å²) in [5.41, 5.74) is 0.254. The van der Waals surface area contributed by atoms with Crippen molar-refractivity contribution in [2.24, 2.45) is 5.92 Å². The number of benzene rings is 2. The smallest absolute Gasteiger partial charge is 0.411 e. The molecule has 0 radical (unpaired) electrons. The monoisotopic (exact) mass is 430 g/mol. The Bertz CT molecular complexity index is 1000. The lowest BCUT2D eigenvalue weighted by atomic mass is 10.0. The molecule has 2 fully saturated rings. The second-order valence-corrected chi connectivity index (χ2v) is 9.25. The van der Waals surface area contributed by atoms with Gasteiger partial charge in [0.1, 0.15) is 11.6 Å². The molecule has 2 amide bonds. The van der Waals surface area contributed by atoms with E-state index in [4.69, 9.17) is 16.3 Å². The molecule has 2 aromatic rings. The van der Waals surface area contributed by atoms with E-state index in [1.54, 1.807) is 57.2 Å². The predicted molar refractivity (Wildman–Crippen MR) is 114 cm³/mol. The third kappa shape index (κ3) is 4.01. The van der Waals surface area contributed by atoms with Gasteiger partial charge in [-0.3, -0.25) is 9.69 Å². The van der Waals surface area contributed by atoms with Crippen LogP contribution < -0.4 is 5.32 Å². The number of fused-ring (bicyclic) bond motifs is 1. The van der Waals surface area contributed by atoms with Gasteiger partial charge in [-0.1, -0.05) is 41.9 Å². The van der Waals surface area contributed by atoms with Crippen LogP contribution in [0.4, 0.5) is 14.9 Å². The van der Waals surface area contributed by atoms with Crippen molar-refractivity contribution in [2.75, 3.05) is 5.32 Å². The molecule has 7 heteroatoms. The molecule has 0 aromatic heterocycles. The Morgan fingerprint density at radius 1 is 1.10 bits per heavy atom. The zero-order chi connectivity index (χ0) is 21.6. The highest BCUT2D eigenvalue weighted by Gasteiger charge is 2.57. The lowest BCUT2D eigenvalue weighted by molar-refractivity contribution is -0.121. The van der Waals surface area contributed by atoms with E-state index in [9.17, 15) is 9.59 Å². The third-order valence-corrected chi connectivity index (χ3v) is 5.76. The lowest BCUT2D eigenvalue weighted by Gasteiger charge is -2.30. The summed E-state index contributed by atoms with van der Waals surface area (Å²) in [7, 11) is 0. The van der Waals surface area contributed by atoms with Gasteiger partial charge in [-0.15, -0.1) is 0 Å². The van der Waals surface area contributed by atoms with E-state index in [0.717, 1.165) is 6.42 Å². The quantitative estimate of drug-likeness (QED) is 0.701. The van der Waals surface area contributed by atoms with Gasteiger partial charge in [0.05, 0.1) is 5.69 Å². The number of nitrogens with zero attached hydrogens (tertiary/aromatic N) is 1. The van der Waals surface area contributed by atoms with Crippen molar-refractivity contribution in [1.82, 2.24) is 4.90 Å². The first-order chi connectivity index (χ1) is 14.2. The van der Waals surface area contributed by atoms with Gasteiger partial charge in [-0.2, -0.15) is 0 Å². The minimum absolute atomic E-state index is 0.0231. The summed E-state index contributed by atoms with van der Waals surface area (Å²) in [6.07, 6.45) is 0.930. The van der Waals surface area contributed by atoms with Crippen molar-refractivity contribution in [3.05, 3.63) is 53.3 Å². The first kappa shape index (κ1) is 20.7. The number of anilines is 1. The molecule has 1 saturated carbocycles. The van der Waals surface area contributed by atoms with Crippen LogP contribution in [0.15, 0.2) is 42.5 Å². The summed E-state index contributed by atoms with van der Waals surface area (Å²) in [6, 6.07) is 11.1. The molecule has 1 saturated heterocycles. The molecule has 1 aliphatic heterocycles. The molecule has 4 rings (SSSR count). The standard InChI is InChI=1S/C23H24ClFN2O3/c1-23(2,3)30-22(29)27-18-11-13(18)12-19(27)21(28)26-17-10-6-8-15(20(17)25)14-7-4-5-9-16(14)24/h4-10,13,18-19H,11-12H2,1-3H3,(H,26,28)/t13?,18?,19-/m1/s1. The Kier molecular flexibility index (Phi) is 5.22. The minimum atomic E-state index is -0.674. The Balaban J connectivity index is 1.55. The number of carbonyl (C=O) groups is 2. The fraction of sp³-hybridized carbons (Fsp3) is 0.391. The molecule has 2 aliphatic rings. The van der Waals surface area contributed by atoms with Gasteiger partial charge in [0.25, 0.3) is 0 Å². The largest absolute Gasteiger partial charge is 0.444 e. The number of carbonyl (C=O) groups excluding carboxylic acids is 2. The van der Waals surface area contributed by atoms with Gasteiger partial charge < -0.3 is 10.1 Å². The fourth-order valence-electron chi connectivity index (χ4n) is 4.00. The molecule has 5 nitrogen and oxygen atoms in total. The molecule has 1 heterocycles. The van der Waals surface area contributed by atoms with Crippen LogP contribution in [0, 0.1) is 11.7 Å². The highest BCUT2D eigenvalue weighted by Crippen LogP contribution is 2.48. The number of likely N-dealkylation sites (tertiary alicyclic amines) is 1. The number of hydrogen-bond acceptors (Lipinski definition) is 3. The molecule has 158 valence electrons. The topological polar surface area (TPSA) is 58.6 Å². The zero-order valence-electron chi connectivity index (χ0n) is 17.1. The highest BCUT2D eigenvalue weighted by molar-refractivity contribution is 6.33. The van der Waals surface area contributed by atoms with Gasteiger partial charge in [-0.05, 0) is 51.7 Å². The average molecular weight is 431 g/mol. The van der Waals surface area contributed by atoms with Crippen molar-refractivity contribution in [2.45, 2.75) is 51.3 Å². The molecule has 0 spiro atoms. The normalized spacial score (nSPS) is 22.4. The van der Waals surface area contributed by atoms with E-state index in [0.29, 0.717) is 28.5 Å². The summed E-state index contributed by atoms with van der Waals surface area (Å²) < 4.78 is 20.7. The Hall–Kier alpha value is -2.60. The van der Waals surface area contributed by atoms with Crippen LogP contribution >= 0.6 is 11.6 Å². The Morgan fingerprint density at radius 3 is 2.50 bits per heavy atom. The third-order valence-electron chi connectivity index (χ3n) is 5.43. The van der Waals surface area contributed by atoms with Crippen LogP contribution in [-0.4, -0.2) is 34.6 Å². The number of halogens is 2. The maximum Gasteiger partial charge on any atom is 0.411 e. The molecule has 1 aliphatic carbocycles. The van der Waals surface area contributed by atoms with Crippen LogP contribution in [0.1, 0.15) is 33.6 Å². The van der Waals surface area contributed by atoms with Crippen molar-refractivity contribution < 1.29 is 18.7 Å². The van der Waals surface area contributed by atoms with Crippen molar-refractivity contribution >= 4 is 29.3 Å². The van der Waals surface area contributed by atoms with Crippen LogP contribution in [0.2, 0.25) is 5.02 Å². The molecular formula is C23H24ClFN2O3. The summed E-state index contributed by atoms with van der Waals surface area (Å²) in [5.74, 6) is -0.679. The molecule has 30 heavy (non-hydrogen) atoms. The van der Waals surface area contributed by atoms with Crippen LogP contribution in [-0.2, 0) is 9.53 Å². The number of ether oxygens (including phenoxy) is 1. The predicted octanol–water partition coefficient (Wildman–Crippen LogP) is 5.48. The second kappa shape index (κ2) is 7.58. The van der Waals surface area contributed by atoms with Crippen LogP contribution in [0.25, 0.3) is 11.1 Å². The number of nitrogens with one attached hydrogen (secondary N) is 1. The number of rotatable bonds is 3. The molecule has 0 bridgehead atoms. The van der Waals surface area contributed by atoms with Crippen molar-refractivity contribution in [3.63, 3.8) is 0 Å². The average Bonchev–Trinajstić information content (AvgIpc) is 3.32. The Labute approximate surface area is 180 Å². The summed E-state index contributed by atoms with van der Waals surface area (Å²) in [5, 5.41) is 3.09. The Morgan fingerprint density at radius 2 is 1.80 bits per heavy atom. The maximum atomic E-state index is 15.2. The van der Waals surface area contributed by atoms with Crippen molar-refractivity contribution in [3.8, 4) is 11.1 Å². The first-order valence-electron chi connectivity index (χ1n) is 10.0. The summed E-state index contributed by atoms with van der Waals surface area (Å²) >= 11 is 6.21. The number of hydrogen-bond donors (Lipinski definition) is 1. The van der Waals surface area contributed by atoms with E-state index in [2.05, 4.69) is 5.32 Å². The van der Waals surface area contributed by atoms with E-state index < -0.39 is 29.5 Å². The molecule has 1 N–H and O–H groups in total. The SMILES string of the molecule is CC(C)(C)OC(=O)N1C2CC2C[C@@H]1C(=O)Nc1cccc(-c2ccccc2Cl)c1F. The van der Waals surface area contributed by atoms with Crippen LogP contribution in [0.5, 0.6) is 0 Å². The van der Waals surface area contributed by atoms with Gasteiger partial charge in [-0.25, -0.2) is 9.18 Å².